The Morgan fingerprint density at radius 3 is 1.76 bits per heavy atom. The molecule has 0 spiro atoms. The Bertz CT molecular complexity index is 446. The summed E-state index contributed by atoms with van der Waals surface area (Å²) in [6.07, 6.45) is 0. The fourth-order valence-electron chi connectivity index (χ4n) is 0.778. The zero-order valence-corrected chi connectivity index (χ0v) is 13.8. The van der Waals surface area contributed by atoms with Crippen LogP contribution in [0.3, 0.4) is 0 Å². The predicted molar refractivity (Wildman–Crippen MR) is 54.1 cm³/mol. The molecule has 7 nitrogen and oxygen atoms in total. The molecule has 1 aromatic carbocycles. The summed E-state index contributed by atoms with van der Waals surface area (Å²) in [6.45, 7) is 0. The molecule has 0 radical (unpaired) electrons. The number of phosphoric acid groups is 1. The van der Waals surface area contributed by atoms with Crippen molar-refractivity contribution in [2.45, 2.75) is 5.75 Å². The van der Waals surface area contributed by atoms with Gasteiger partial charge in [-0.05, 0) is 5.56 Å². The molecule has 3 N–H and O–H groups in total. The summed E-state index contributed by atoms with van der Waals surface area (Å²) in [4.78, 5) is 21.6. The first kappa shape index (κ1) is 20.2. The largest absolute Gasteiger partial charge is 1.00 e. The van der Waals surface area contributed by atoms with Gasteiger partial charge in [0, 0.05) is 0 Å². The van der Waals surface area contributed by atoms with Gasteiger partial charge in [0.25, 0.3) is 0 Å². The molecule has 17 heavy (non-hydrogen) atoms. The van der Waals surface area contributed by atoms with Gasteiger partial charge in [-0.3, -0.25) is 0 Å². The molecular weight excluding hydrogens is 298 g/mol. The summed E-state index contributed by atoms with van der Waals surface area (Å²) < 4.78 is 39.6. The molecule has 0 amide bonds. The Labute approximate surface area is 141 Å². The molecule has 0 saturated heterocycles. The predicted octanol–water partition coefficient (Wildman–Crippen LogP) is -3.19. The summed E-state index contributed by atoms with van der Waals surface area (Å²) in [5, 5.41) is 0. The van der Waals surface area contributed by atoms with E-state index in [-0.39, 0.29) is 51.4 Å². The van der Waals surface area contributed by atoms with Crippen LogP contribution in [0.1, 0.15) is 5.56 Å². The van der Waals surface area contributed by atoms with Crippen molar-refractivity contribution in [3.8, 4) is 0 Å². The van der Waals surface area contributed by atoms with Gasteiger partial charge in [-0.15, -0.1) is 0 Å². The monoisotopic (exact) mass is 308 g/mol. The van der Waals surface area contributed by atoms with Crippen LogP contribution in [0.4, 0.5) is 0 Å². The normalized spacial score (nSPS) is 10.8. The summed E-state index contributed by atoms with van der Waals surface area (Å²) >= 11 is 0. The Balaban J connectivity index is 0. The van der Waals surface area contributed by atoms with Gasteiger partial charge in [0.15, 0.2) is 0 Å². The molecule has 1 rings (SSSR count). The molecule has 0 aliphatic rings. The number of rotatable bonds is 2. The van der Waals surface area contributed by atoms with Gasteiger partial charge < -0.3 is 19.2 Å². The second kappa shape index (κ2) is 8.89. The summed E-state index contributed by atoms with van der Waals surface area (Å²) in [5.41, 5.74) is 0.530. The van der Waals surface area contributed by atoms with Crippen molar-refractivity contribution in [1.29, 1.82) is 0 Å². The third-order valence-corrected chi connectivity index (χ3v) is 1.87. The number of hydrogen-bond acceptors (Lipinski definition) is 4. The van der Waals surface area contributed by atoms with Gasteiger partial charge in [-0.1, -0.05) is 30.3 Å². The van der Waals surface area contributed by atoms with Crippen LogP contribution < -0.4 is 51.4 Å². The van der Waals surface area contributed by atoms with Crippen molar-refractivity contribution in [2.24, 2.45) is 0 Å². The average Bonchev–Trinajstić information content (AvgIpc) is 1.99. The van der Waals surface area contributed by atoms with Crippen molar-refractivity contribution < 1.29 is 83.6 Å². The van der Waals surface area contributed by atoms with Gasteiger partial charge in [-0.25, -0.2) is 13.0 Å². The van der Waals surface area contributed by atoms with E-state index < -0.39 is 23.7 Å². The molecule has 0 aliphatic heterocycles. The molecule has 0 bridgehead atoms. The minimum absolute atomic E-state index is 0. The molecule has 0 heterocycles. The fraction of sp³-hybridized carbons (Fsp3) is 0.143. The van der Waals surface area contributed by atoms with Crippen molar-refractivity contribution in [3.05, 3.63) is 35.9 Å². The van der Waals surface area contributed by atoms with E-state index >= 15 is 0 Å². The Morgan fingerprint density at radius 2 is 1.47 bits per heavy atom. The third-order valence-electron chi connectivity index (χ3n) is 1.19. The maximum absolute atomic E-state index is 10.2. The minimum Gasteiger partial charge on any atom is -0.748 e. The Morgan fingerprint density at radius 1 is 1.12 bits per heavy atom. The van der Waals surface area contributed by atoms with E-state index in [1.807, 2.05) is 0 Å². The summed E-state index contributed by atoms with van der Waals surface area (Å²) in [7, 11) is -8.77. The molecule has 0 saturated carbocycles. The van der Waals surface area contributed by atoms with Crippen LogP contribution in [0.15, 0.2) is 30.3 Å². The van der Waals surface area contributed by atoms with Crippen LogP contribution in [0, 0.1) is 0 Å². The van der Waals surface area contributed by atoms with E-state index in [1.165, 1.54) is 0 Å². The Hall–Kier alpha value is 0.876. The van der Waals surface area contributed by atoms with E-state index in [9.17, 15) is 13.0 Å². The van der Waals surface area contributed by atoms with E-state index in [1.54, 1.807) is 30.3 Å². The third kappa shape index (κ3) is 19.4. The SMILES string of the molecule is O=P(O)(O)O.O=S(=O)([O-])Cc1ccccc1.[K+]. The topological polar surface area (TPSA) is 135 Å². The van der Waals surface area contributed by atoms with Crippen LogP contribution in [0.25, 0.3) is 0 Å². The van der Waals surface area contributed by atoms with Crippen molar-refractivity contribution in [3.63, 3.8) is 0 Å². The molecule has 1 aromatic rings. The average molecular weight is 308 g/mol. The van der Waals surface area contributed by atoms with Crippen molar-refractivity contribution in [2.75, 3.05) is 0 Å². The first-order chi connectivity index (χ1) is 7.08. The van der Waals surface area contributed by atoms with Gasteiger partial charge >= 0.3 is 59.2 Å². The first-order valence-corrected chi connectivity index (χ1v) is 6.98. The molecule has 92 valence electrons. The molecule has 0 atom stereocenters. The molecular formula is C7H10KO7PS. The van der Waals surface area contributed by atoms with E-state index in [0.717, 1.165) is 0 Å². The summed E-state index contributed by atoms with van der Waals surface area (Å²) in [5.74, 6) is -0.423. The first-order valence-electron chi connectivity index (χ1n) is 3.84. The second-order valence-electron chi connectivity index (χ2n) is 2.70. The van der Waals surface area contributed by atoms with Gasteiger partial charge in [0.1, 0.15) is 0 Å². The Kier molecular flexibility index (Phi) is 10.6. The number of benzene rings is 1. The van der Waals surface area contributed by atoms with Crippen LogP contribution >= 0.6 is 7.82 Å². The molecule has 0 aliphatic carbocycles. The fourth-order valence-corrected chi connectivity index (χ4v) is 1.38. The molecule has 0 fully saturated rings. The smallest absolute Gasteiger partial charge is 0.748 e. The number of hydrogen-bond donors (Lipinski definition) is 3. The van der Waals surface area contributed by atoms with Crippen LogP contribution in [-0.2, 0) is 20.4 Å². The van der Waals surface area contributed by atoms with Crippen molar-refractivity contribution in [1.82, 2.24) is 0 Å². The molecule has 10 heteroatoms. The zero-order valence-electron chi connectivity index (χ0n) is 8.92. The van der Waals surface area contributed by atoms with E-state index in [4.69, 9.17) is 19.2 Å². The zero-order chi connectivity index (χ0) is 12.8. The van der Waals surface area contributed by atoms with Crippen LogP contribution in [-0.4, -0.2) is 27.7 Å². The van der Waals surface area contributed by atoms with Gasteiger partial charge in [0.05, 0.1) is 15.9 Å². The molecule has 0 aromatic heterocycles. The maximum atomic E-state index is 10.2. The summed E-state index contributed by atoms with van der Waals surface area (Å²) in [6, 6.07) is 8.37. The standard InChI is InChI=1S/C7H8O3S.K.H3O4P/c8-11(9,10)6-7-4-2-1-3-5-7;;1-5(2,3)4/h1-5H,6H2,(H,8,9,10);;(H3,1,2,3,4)/q;+1;/p-1. The van der Waals surface area contributed by atoms with E-state index in [2.05, 4.69) is 0 Å². The van der Waals surface area contributed by atoms with Crippen LogP contribution in [0.5, 0.6) is 0 Å². The maximum Gasteiger partial charge on any atom is 1.00 e. The second-order valence-corrected chi connectivity index (χ2v) is 5.13. The van der Waals surface area contributed by atoms with E-state index in [0.29, 0.717) is 5.56 Å². The van der Waals surface area contributed by atoms with Gasteiger partial charge in [0.2, 0.25) is 0 Å². The molecule has 0 unspecified atom stereocenters. The van der Waals surface area contributed by atoms with Crippen molar-refractivity contribution >= 4 is 17.9 Å². The quantitative estimate of drug-likeness (QED) is 0.297. The van der Waals surface area contributed by atoms with Gasteiger partial charge in [-0.2, -0.15) is 0 Å². The van der Waals surface area contributed by atoms with Crippen LogP contribution in [0.2, 0.25) is 0 Å². The minimum atomic E-state index is -4.64.